The van der Waals surface area contributed by atoms with Crippen LogP contribution in [0.1, 0.15) is 46.5 Å². The molecule has 0 saturated carbocycles. The van der Waals surface area contributed by atoms with E-state index in [-0.39, 0.29) is 5.92 Å². The van der Waals surface area contributed by atoms with Crippen LogP contribution in [0.3, 0.4) is 0 Å². The van der Waals surface area contributed by atoms with Crippen molar-refractivity contribution in [3.8, 4) is 0 Å². The molecule has 0 aromatic carbocycles. The second-order valence-corrected chi connectivity index (χ2v) is 3.76. The molecule has 0 bridgehead atoms. The van der Waals surface area contributed by atoms with E-state index in [2.05, 4.69) is 6.92 Å². The molecule has 0 rings (SSSR count). The van der Waals surface area contributed by atoms with Gasteiger partial charge in [-0.25, -0.2) is 0 Å². The number of aliphatic hydroxyl groups is 1. The predicted octanol–water partition coefficient (Wildman–Crippen LogP) is 1.44. The molecule has 3 heteroatoms. The lowest BCUT2D eigenvalue weighted by atomic mass is 9.83. The highest BCUT2D eigenvalue weighted by atomic mass is 16.3. The predicted molar refractivity (Wildman–Crippen MR) is 53.1 cm³/mol. The van der Waals surface area contributed by atoms with Crippen LogP contribution >= 0.6 is 0 Å². The van der Waals surface area contributed by atoms with Crippen LogP contribution in [0.25, 0.3) is 0 Å². The van der Waals surface area contributed by atoms with Gasteiger partial charge in [-0.2, -0.15) is 0 Å². The van der Waals surface area contributed by atoms with E-state index >= 15 is 0 Å². The lowest BCUT2D eigenvalue weighted by Crippen LogP contribution is -2.47. The van der Waals surface area contributed by atoms with Gasteiger partial charge >= 0.3 is 0 Å². The average molecular weight is 187 g/mol. The van der Waals surface area contributed by atoms with Crippen LogP contribution in [0.5, 0.6) is 0 Å². The first kappa shape index (κ1) is 12.4. The van der Waals surface area contributed by atoms with Crippen molar-refractivity contribution >= 4 is 5.91 Å². The summed E-state index contributed by atoms with van der Waals surface area (Å²) >= 11 is 0. The van der Waals surface area contributed by atoms with Gasteiger partial charge in [-0.3, -0.25) is 4.79 Å². The number of hydrogen-bond acceptors (Lipinski definition) is 2. The minimum Gasteiger partial charge on any atom is -0.380 e. The van der Waals surface area contributed by atoms with Gasteiger partial charge in [-0.15, -0.1) is 0 Å². The number of unbranched alkanes of at least 4 members (excludes halogenated alkanes) is 1. The summed E-state index contributed by atoms with van der Waals surface area (Å²) in [5, 5.41) is 9.80. The van der Waals surface area contributed by atoms with E-state index in [1.807, 2.05) is 6.92 Å². The van der Waals surface area contributed by atoms with Crippen LogP contribution < -0.4 is 5.73 Å². The van der Waals surface area contributed by atoms with Crippen molar-refractivity contribution in [1.29, 1.82) is 0 Å². The summed E-state index contributed by atoms with van der Waals surface area (Å²) in [6, 6.07) is 0. The average Bonchev–Trinajstić information content (AvgIpc) is 2.05. The van der Waals surface area contributed by atoms with Gasteiger partial charge < -0.3 is 10.8 Å². The van der Waals surface area contributed by atoms with Gasteiger partial charge in [0.25, 0.3) is 0 Å². The van der Waals surface area contributed by atoms with Crippen molar-refractivity contribution < 1.29 is 9.90 Å². The van der Waals surface area contributed by atoms with Crippen molar-refractivity contribution in [1.82, 2.24) is 0 Å². The third-order valence-electron chi connectivity index (χ3n) is 2.69. The zero-order valence-electron chi connectivity index (χ0n) is 8.84. The molecule has 0 spiro atoms. The molecule has 3 nitrogen and oxygen atoms in total. The molecular formula is C10H21NO2. The first-order chi connectivity index (χ1) is 5.96. The molecule has 0 radical (unpaired) electrons. The molecule has 0 aliphatic rings. The number of amides is 1. The molecular weight excluding hydrogens is 166 g/mol. The Morgan fingerprint density at radius 3 is 2.38 bits per heavy atom. The van der Waals surface area contributed by atoms with Crippen molar-refractivity contribution in [2.75, 3.05) is 0 Å². The highest BCUT2D eigenvalue weighted by Crippen LogP contribution is 2.25. The molecule has 0 aliphatic heterocycles. The van der Waals surface area contributed by atoms with E-state index in [1.165, 1.54) is 6.92 Å². The molecule has 2 atom stereocenters. The zero-order chi connectivity index (χ0) is 10.5. The first-order valence-electron chi connectivity index (χ1n) is 4.99. The van der Waals surface area contributed by atoms with Gasteiger partial charge in [-0.1, -0.05) is 33.1 Å². The summed E-state index contributed by atoms with van der Waals surface area (Å²) in [6.07, 6.45) is 3.76. The SMILES string of the molecule is CCCCC(CC)C(C)(O)C(N)=O. The van der Waals surface area contributed by atoms with E-state index in [9.17, 15) is 9.90 Å². The molecule has 78 valence electrons. The van der Waals surface area contributed by atoms with Gasteiger partial charge in [0.1, 0.15) is 5.60 Å². The van der Waals surface area contributed by atoms with Crippen LogP contribution in [0.2, 0.25) is 0 Å². The molecule has 13 heavy (non-hydrogen) atoms. The van der Waals surface area contributed by atoms with Crippen LogP contribution in [0, 0.1) is 5.92 Å². The zero-order valence-corrected chi connectivity index (χ0v) is 8.84. The van der Waals surface area contributed by atoms with Gasteiger partial charge in [0.2, 0.25) is 5.91 Å². The maximum absolute atomic E-state index is 11.0. The number of rotatable bonds is 6. The summed E-state index contributed by atoms with van der Waals surface area (Å²) in [5.74, 6) is -0.625. The molecule has 0 fully saturated rings. The van der Waals surface area contributed by atoms with E-state index in [1.54, 1.807) is 0 Å². The Balaban J connectivity index is 4.28. The second-order valence-electron chi connectivity index (χ2n) is 3.76. The molecule has 0 aliphatic carbocycles. The normalized spacial score (nSPS) is 17.8. The number of carbonyl (C=O) groups is 1. The Kier molecular flexibility index (Phi) is 4.99. The molecule has 2 unspecified atom stereocenters. The summed E-state index contributed by atoms with van der Waals surface area (Å²) in [7, 11) is 0. The largest absolute Gasteiger partial charge is 0.380 e. The maximum Gasteiger partial charge on any atom is 0.249 e. The summed E-state index contributed by atoms with van der Waals surface area (Å²) < 4.78 is 0. The highest BCUT2D eigenvalue weighted by molar-refractivity contribution is 5.82. The summed E-state index contributed by atoms with van der Waals surface area (Å²) in [5.41, 5.74) is 3.79. The molecule has 0 aromatic rings. The fourth-order valence-electron chi connectivity index (χ4n) is 1.53. The quantitative estimate of drug-likeness (QED) is 0.661. The Labute approximate surface area is 80.3 Å². The fourth-order valence-corrected chi connectivity index (χ4v) is 1.53. The second kappa shape index (κ2) is 5.22. The lowest BCUT2D eigenvalue weighted by molar-refractivity contribution is -0.140. The Bertz CT molecular complexity index is 166. The molecule has 0 heterocycles. The number of primary amides is 1. The molecule has 1 amide bonds. The van der Waals surface area contributed by atoms with Gasteiger partial charge in [-0.05, 0) is 19.3 Å². The van der Waals surface area contributed by atoms with Crippen LogP contribution in [-0.4, -0.2) is 16.6 Å². The Morgan fingerprint density at radius 2 is 2.08 bits per heavy atom. The smallest absolute Gasteiger partial charge is 0.249 e. The number of nitrogens with two attached hydrogens (primary N) is 1. The van der Waals surface area contributed by atoms with Crippen molar-refractivity contribution in [3.63, 3.8) is 0 Å². The topological polar surface area (TPSA) is 63.3 Å². The highest BCUT2D eigenvalue weighted by Gasteiger charge is 2.35. The minimum atomic E-state index is -1.34. The summed E-state index contributed by atoms with van der Waals surface area (Å²) in [6.45, 7) is 5.57. The Hall–Kier alpha value is -0.570. The van der Waals surface area contributed by atoms with Gasteiger partial charge in [0.05, 0.1) is 0 Å². The van der Waals surface area contributed by atoms with Crippen LogP contribution in [0.15, 0.2) is 0 Å². The van der Waals surface area contributed by atoms with Crippen LogP contribution in [-0.2, 0) is 4.79 Å². The van der Waals surface area contributed by atoms with Gasteiger partial charge in [0.15, 0.2) is 0 Å². The van der Waals surface area contributed by atoms with Crippen molar-refractivity contribution in [3.05, 3.63) is 0 Å². The van der Waals surface area contributed by atoms with Gasteiger partial charge in [0, 0.05) is 0 Å². The number of hydrogen-bond donors (Lipinski definition) is 2. The lowest BCUT2D eigenvalue weighted by Gasteiger charge is -2.29. The number of carbonyl (C=O) groups excluding carboxylic acids is 1. The first-order valence-corrected chi connectivity index (χ1v) is 4.99. The van der Waals surface area contributed by atoms with Crippen LogP contribution in [0.4, 0.5) is 0 Å². The monoisotopic (exact) mass is 187 g/mol. The van der Waals surface area contributed by atoms with E-state index < -0.39 is 11.5 Å². The van der Waals surface area contributed by atoms with E-state index in [0.29, 0.717) is 0 Å². The molecule has 3 N–H and O–H groups in total. The fraction of sp³-hybridized carbons (Fsp3) is 0.900. The van der Waals surface area contributed by atoms with E-state index in [4.69, 9.17) is 5.73 Å². The summed E-state index contributed by atoms with van der Waals surface area (Å²) in [4.78, 5) is 11.0. The van der Waals surface area contributed by atoms with Crippen molar-refractivity contribution in [2.45, 2.75) is 52.1 Å². The minimum absolute atomic E-state index is 0.00931. The van der Waals surface area contributed by atoms with E-state index in [0.717, 1.165) is 25.7 Å². The third-order valence-corrected chi connectivity index (χ3v) is 2.69. The molecule has 0 aromatic heterocycles. The Morgan fingerprint density at radius 1 is 1.54 bits per heavy atom. The maximum atomic E-state index is 11.0. The third kappa shape index (κ3) is 3.35. The molecule has 0 saturated heterocycles. The van der Waals surface area contributed by atoms with Crippen molar-refractivity contribution in [2.24, 2.45) is 11.7 Å². The standard InChI is InChI=1S/C10H21NO2/c1-4-6-7-8(5-2)10(3,13)9(11)12/h8,13H,4-7H2,1-3H3,(H2,11,12).